The van der Waals surface area contributed by atoms with Crippen molar-refractivity contribution >= 4 is 5.97 Å². The summed E-state index contributed by atoms with van der Waals surface area (Å²) in [6, 6.07) is 0. The highest BCUT2D eigenvalue weighted by atomic mass is 16.6. The van der Waals surface area contributed by atoms with Crippen LogP contribution in [0.15, 0.2) is 12.7 Å². The molecule has 3 heteroatoms. The predicted molar refractivity (Wildman–Crippen MR) is 60.7 cm³/mol. The number of esters is 1. The zero-order valence-corrected chi connectivity index (χ0v) is 9.67. The molecule has 0 spiro atoms. The maximum atomic E-state index is 10.9. The number of unbranched alkanes of at least 4 members (excludes halogenated alkanes) is 4. The van der Waals surface area contributed by atoms with Gasteiger partial charge in [0, 0.05) is 6.61 Å². The molecule has 0 aliphatic heterocycles. The molecule has 0 aromatic carbocycles. The van der Waals surface area contributed by atoms with Crippen LogP contribution >= 0.6 is 0 Å². The van der Waals surface area contributed by atoms with Crippen molar-refractivity contribution in [3.63, 3.8) is 0 Å². The van der Waals surface area contributed by atoms with Gasteiger partial charge in [0.05, 0.1) is 6.61 Å². The molecule has 0 radical (unpaired) electrons. The SMILES string of the molecule is C=CCCCCCCOCC(=O)OCC. The molecule has 0 saturated carbocycles. The molecular formula is C12H22O3. The van der Waals surface area contributed by atoms with E-state index in [0.29, 0.717) is 13.2 Å². The minimum atomic E-state index is -0.274. The molecule has 3 nitrogen and oxygen atoms in total. The molecule has 0 aliphatic carbocycles. The summed E-state index contributed by atoms with van der Waals surface area (Å²) in [4.78, 5) is 10.9. The lowest BCUT2D eigenvalue weighted by Gasteiger charge is -2.03. The van der Waals surface area contributed by atoms with Crippen LogP contribution in [0.5, 0.6) is 0 Å². The summed E-state index contributed by atoms with van der Waals surface area (Å²) in [6.07, 6.45) is 7.59. The van der Waals surface area contributed by atoms with Gasteiger partial charge in [-0.05, 0) is 26.2 Å². The Morgan fingerprint density at radius 1 is 1.27 bits per heavy atom. The zero-order chi connectivity index (χ0) is 11.4. The summed E-state index contributed by atoms with van der Waals surface area (Å²) in [6.45, 7) is 6.61. The Morgan fingerprint density at radius 3 is 2.67 bits per heavy atom. The van der Waals surface area contributed by atoms with E-state index >= 15 is 0 Å². The molecule has 0 aliphatic rings. The maximum absolute atomic E-state index is 10.9. The molecule has 0 rings (SSSR count). The van der Waals surface area contributed by atoms with Crippen LogP contribution in [0.3, 0.4) is 0 Å². The Morgan fingerprint density at radius 2 is 2.00 bits per heavy atom. The van der Waals surface area contributed by atoms with Crippen molar-refractivity contribution in [2.24, 2.45) is 0 Å². The number of hydrogen-bond acceptors (Lipinski definition) is 3. The topological polar surface area (TPSA) is 35.5 Å². The Balaban J connectivity index is 3.04. The van der Waals surface area contributed by atoms with Gasteiger partial charge in [0.1, 0.15) is 6.61 Å². The number of ether oxygens (including phenoxy) is 2. The van der Waals surface area contributed by atoms with E-state index in [4.69, 9.17) is 9.47 Å². The predicted octanol–water partition coefficient (Wildman–Crippen LogP) is 2.70. The third-order valence-corrected chi connectivity index (χ3v) is 1.97. The van der Waals surface area contributed by atoms with Gasteiger partial charge in [-0.2, -0.15) is 0 Å². The van der Waals surface area contributed by atoms with Gasteiger partial charge in [-0.15, -0.1) is 6.58 Å². The van der Waals surface area contributed by atoms with Crippen LogP contribution in [-0.2, 0) is 14.3 Å². The fourth-order valence-corrected chi connectivity index (χ4v) is 1.20. The van der Waals surface area contributed by atoms with Crippen LogP contribution in [0, 0.1) is 0 Å². The van der Waals surface area contributed by atoms with Gasteiger partial charge in [-0.3, -0.25) is 0 Å². The van der Waals surface area contributed by atoms with Gasteiger partial charge >= 0.3 is 5.97 Å². The monoisotopic (exact) mass is 214 g/mol. The van der Waals surface area contributed by atoms with E-state index in [0.717, 1.165) is 19.3 Å². The number of hydrogen-bond donors (Lipinski definition) is 0. The van der Waals surface area contributed by atoms with E-state index in [2.05, 4.69) is 6.58 Å². The maximum Gasteiger partial charge on any atom is 0.332 e. The number of carbonyl (C=O) groups is 1. The fourth-order valence-electron chi connectivity index (χ4n) is 1.20. The van der Waals surface area contributed by atoms with E-state index in [-0.39, 0.29) is 12.6 Å². The molecule has 0 saturated heterocycles. The van der Waals surface area contributed by atoms with E-state index in [1.807, 2.05) is 6.08 Å². The van der Waals surface area contributed by atoms with Gasteiger partial charge < -0.3 is 9.47 Å². The van der Waals surface area contributed by atoms with Crippen LogP contribution in [-0.4, -0.2) is 25.8 Å². The molecule has 88 valence electrons. The minimum Gasteiger partial charge on any atom is -0.464 e. The van der Waals surface area contributed by atoms with Gasteiger partial charge in [-0.1, -0.05) is 18.9 Å². The average molecular weight is 214 g/mol. The Hall–Kier alpha value is -0.830. The second-order valence-electron chi connectivity index (χ2n) is 3.35. The molecule has 0 N–H and O–H groups in total. The smallest absolute Gasteiger partial charge is 0.332 e. The lowest BCUT2D eigenvalue weighted by atomic mass is 10.1. The summed E-state index contributed by atoms with van der Waals surface area (Å²) in [5.74, 6) is -0.274. The molecule has 0 fully saturated rings. The summed E-state index contributed by atoms with van der Waals surface area (Å²) >= 11 is 0. The highest BCUT2D eigenvalue weighted by molar-refractivity contribution is 5.70. The largest absolute Gasteiger partial charge is 0.464 e. The van der Waals surface area contributed by atoms with Crippen LogP contribution in [0.4, 0.5) is 0 Å². The molecule has 0 bridgehead atoms. The zero-order valence-electron chi connectivity index (χ0n) is 9.67. The van der Waals surface area contributed by atoms with Gasteiger partial charge in [-0.25, -0.2) is 4.79 Å². The normalized spacial score (nSPS) is 9.93. The van der Waals surface area contributed by atoms with Crippen LogP contribution in [0.25, 0.3) is 0 Å². The van der Waals surface area contributed by atoms with Crippen LogP contribution in [0.2, 0.25) is 0 Å². The van der Waals surface area contributed by atoms with Crippen LogP contribution in [0.1, 0.15) is 39.0 Å². The lowest BCUT2D eigenvalue weighted by Crippen LogP contribution is -2.12. The van der Waals surface area contributed by atoms with Crippen molar-refractivity contribution in [3.05, 3.63) is 12.7 Å². The van der Waals surface area contributed by atoms with Crippen molar-refractivity contribution < 1.29 is 14.3 Å². The highest BCUT2D eigenvalue weighted by Crippen LogP contribution is 2.03. The number of allylic oxidation sites excluding steroid dienone is 1. The minimum absolute atomic E-state index is 0.0838. The molecule has 0 aromatic heterocycles. The van der Waals surface area contributed by atoms with E-state index in [1.165, 1.54) is 12.8 Å². The van der Waals surface area contributed by atoms with Crippen molar-refractivity contribution in [1.82, 2.24) is 0 Å². The first-order valence-electron chi connectivity index (χ1n) is 5.65. The second-order valence-corrected chi connectivity index (χ2v) is 3.35. The van der Waals surface area contributed by atoms with E-state index in [1.54, 1.807) is 6.92 Å². The fraction of sp³-hybridized carbons (Fsp3) is 0.750. The molecular weight excluding hydrogens is 192 g/mol. The number of rotatable bonds is 10. The first-order chi connectivity index (χ1) is 7.31. The van der Waals surface area contributed by atoms with Crippen molar-refractivity contribution in [3.8, 4) is 0 Å². The van der Waals surface area contributed by atoms with Crippen LogP contribution < -0.4 is 0 Å². The standard InChI is InChI=1S/C12H22O3/c1-3-5-6-7-8-9-10-14-11-12(13)15-4-2/h3H,1,4-11H2,2H3. The van der Waals surface area contributed by atoms with Gasteiger partial charge in [0.2, 0.25) is 0 Å². The quantitative estimate of drug-likeness (QED) is 0.318. The number of carbonyl (C=O) groups excluding carboxylic acids is 1. The molecule has 0 heterocycles. The Kier molecular flexibility index (Phi) is 10.6. The Labute approximate surface area is 92.5 Å². The van der Waals surface area contributed by atoms with Gasteiger partial charge in [0.15, 0.2) is 0 Å². The summed E-state index contributed by atoms with van der Waals surface area (Å²) < 4.78 is 9.89. The lowest BCUT2D eigenvalue weighted by molar-refractivity contribution is -0.148. The first-order valence-corrected chi connectivity index (χ1v) is 5.65. The van der Waals surface area contributed by atoms with Crippen molar-refractivity contribution in [2.75, 3.05) is 19.8 Å². The van der Waals surface area contributed by atoms with Gasteiger partial charge in [0.25, 0.3) is 0 Å². The molecule has 15 heavy (non-hydrogen) atoms. The molecule has 0 atom stereocenters. The van der Waals surface area contributed by atoms with E-state index < -0.39 is 0 Å². The van der Waals surface area contributed by atoms with Crippen molar-refractivity contribution in [1.29, 1.82) is 0 Å². The highest BCUT2D eigenvalue weighted by Gasteiger charge is 2.00. The summed E-state index contributed by atoms with van der Waals surface area (Å²) in [5.41, 5.74) is 0. The van der Waals surface area contributed by atoms with E-state index in [9.17, 15) is 4.79 Å². The average Bonchev–Trinajstić information content (AvgIpc) is 2.22. The summed E-state index contributed by atoms with van der Waals surface area (Å²) in [7, 11) is 0. The third-order valence-electron chi connectivity index (χ3n) is 1.97. The summed E-state index contributed by atoms with van der Waals surface area (Å²) in [5, 5.41) is 0. The molecule has 0 amide bonds. The second kappa shape index (κ2) is 11.2. The third kappa shape index (κ3) is 11.1. The molecule has 0 unspecified atom stereocenters. The Bertz CT molecular complexity index is 166. The van der Waals surface area contributed by atoms with Crippen molar-refractivity contribution in [2.45, 2.75) is 39.0 Å². The molecule has 0 aromatic rings. The first kappa shape index (κ1) is 14.2.